The van der Waals surface area contributed by atoms with Crippen LogP contribution in [0.3, 0.4) is 0 Å². The van der Waals surface area contributed by atoms with E-state index < -0.39 is 5.97 Å². The second kappa shape index (κ2) is 6.38. The molecule has 1 aliphatic heterocycles. The van der Waals surface area contributed by atoms with Crippen molar-refractivity contribution in [2.24, 2.45) is 7.05 Å². The van der Waals surface area contributed by atoms with Crippen molar-refractivity contribution in [1.82, 2.24) is 34.7 Å². The molecule has 1 N–H and O–H groups in total. The lowest BCUT2D eigenvalue weighted by Gasteiger charge is -2.27. The topological polar surface area (TPSA) is 111 Å². The van der Waals surface area contributed by atoms with E-state index in [9.17, 15) is 9.59 Å². The fourth-order valence-corrected chi connectivity index (χ4v) is 3.13. The molecule has 0 fully saturated rings. The minimum Gasteiger partial charge on any atom is -0.464 e. The van der Waals surface area contributed by atoms with Crippen LogP contribution in [-0.4, -0.2) is 60.2 Å². The lowest BCUT2D eigenvalue weighted by Crippen LogP contribution is -2.38. The van der Waals surface area contributed by atoms with E-state index in [1.54, 1.807) is 32.6 Å². The Bertz CT molecular complexity index is 1030. The van der Waals surface area contributed by atoms with Gasteiger partial charge in [0.2, 0.25) is 0 Å². The number of carbonyl (C=O) groups is 2. The monoisotopic (exact) mass is 369 g/mol. The molecule has 4 rings (SSSR count). The van der Waals surface area contributed by atoms with Crippen LogP contribution < -0.4 is 0 Å². The number of esters is 1. The molecule has 3 aromatic rings. The summed E-state index contributed by atoms with van der Waals surface area (Å²) in [5, 5.41) is 15.5. The number of carbonyl (C=O) groups excluding carboxylic acids is 2. The second-order valence-electron chi connectivity index (χ2n) is 6.40. The molecule has 10 nitrogen and oxygen atoms in total. The number of nitrogens with one attached hydrogen (secondary N) is 1. The van der Waals surface area contributed by atoms with E-state index >= 15 is 0 Å². The van der Waals surface area contributed by atoms with E-state index in [0.717, 1.165) is 17.0 Å². The van der Waals surface area contributed by atoms with Gasteiger partial charge >= 0.3 is 5.97 Å². The molecule has 10 heteroatoms. The summed E-state index contributed by atoms with van der Waals surface area (Å²) in [6.07, 6.45) is 1.73. The van der Waals surface area contributed by atoms with E-state index in [2.05, 4.69) is 20.4 Å². The summed E-state index contributed by atoms with van der Waals surface area (Å²) in [7, 11) is 3.17. The van der Waals surface area contributed by atoms with Crippen molar-refractivity contribution >= 4 is 11.9 Å². The van der Waals surface area contributed by atoms with Crippen molar-refractivity contribution in [3.05, 3.63) is 41.1 Å². The van der Waals surface area contributed by atoms with Gasteiger partial charge in [-0.15, -0.1) is 0 Å². The van der Waals surface area contributed by atoms with Crippen molar-refractivity contribution in [3.8, 4) is 11.3 Å². The highest BCUT2D eigenvalue weighted by Gasteiger charge is 2.26. The smallest absolute Gasteiger partial charge is 0.358 e. The predicted octanol–water partition coefficient (Wildman–Crippen LogP) is 0.758. The SMILES string of the molecule is COC(=O)c1cc2n(n1)CCN(C(=O)c1cc(-c3cnn(C)c3C)n[nH]1)C2. The molecular weight excluding hydrogens is 350 g/mol. The van der Waals surface area contributed by atoms with Crippen LogP contribution in [0.25, 0.3) is 11.3 Å². The van der Waals surface area contributed by atoms with E-state index in [0.29, 0.717) is 31.0 Å². The summed E-state index contributed by atoms with van der Waals surface area (Å²) < 4.78 is 8.19. The number of aryl methyl sites for hydroxylation is 1. The van der Waals surface area contributed by atoms with Gasteiger partial charge < -0.3 is 9.64 Å². The molecule has 0 aromatic carbocycles. The van der Waals surface area contributed by atoms with Crippen molar-refractivity contribution in [1.29, 1.82) is 0 Å². The number of hydrogen-bond acceptors (Lipinski definition) is 6. The van der Waals surface area contributed by atoms with Gasteiger partial charge in [-0.1, -0.05) is 0 Å². The number of ether oxygens (including phenoxy) is 1. The Morgan fingerprint density at radius 1 is 1.26 bits per heavy atom. The molecule has 0 spiro atoms. The molecule has 0 bridgehead atoms. The molecule has 0 radical (unpaired) electrons. The number of aromatic nitrogens is 6. The number of hydrogen-bond donors (Lipinski definition) is 1. The lowest BCUT2D eigenvalue weighted by atomic mass is 10.2. The van der Waals surface area contributed by atoms with Gasteiger partial charge in [-0.2, -0.15) is 15.3 Å². The Kier molecular flexibility index (Phi) is 4.02. The average molecular weight is 369 g/mol. The van der Waals surface area contributed by atoms with Gasteiger partial charge in [-0.25, -0.2) is 4.79 Å². The maximum Gasteiger partial charge on any atom is 0.358 e. The Hall–Kier alpha value is -3.43. The first-order valence-electron chi connectivity index (χ1n) is 8.46. The Morgan fingerprint density at radius 2 is 2.07 bits per heavy atom. The molecule has 0 unspecified atom stereocenters. The van der Waals surface area contributed by atoms with Crippen LogP contribution in [0.5, 0.6) is 0 Å². The molecular formula is C17H19N7O3. The summed E-state index contributed by atoms with van der Waals surface area (Å²) in [5.41, 5.74) is 3.98. The van der Waals surface area contributed by atoms with Crippen molar-refractivity contribution in [2.45, 2.75) is 20.0 Å². The number of methoxy groups -OCH3 is 1. The van der Waals surface area contributed by atoms with Crippen LogP contribution in [0.1, 0.15) is 32.4 Å². The summed E-state index contributed by atoms with van der Waals surface area (Å²) >= 11 is 0. The first-order valence-corrected chi connectivity index (χ1v) is 8.46. The van der Waals surface area contributed by atoms with E-state index in [1.807, 2.05) is 14.0 Å². The number of fused-ring (bicyclic) bond motifs is 1. The van der Waals surface area contributed by atoms with Crippen LogP contribution in [0, 0.1) is 6.92 Å². The molecule has 0 aliphatic carbocycles. The first-order chi connectivity index (χ1) is 13.0. The third kappa shape index (κ3) is 2.88. The van der Waals surface area contributed by atoms with Gasteiger partial charge in [-0.05, 0) is 19.1 Å². The Morgan fingerprint density at radius 3 is 2.78 bits per heavy atom. The highest BCUT2D eigenvalue weighted by atomic mass is 16.5. The number of rotatable bonds is 3. The zero-order valence-corrected chi connectivity index (χ0v) is 15.3. The molecule has 4 heterocycles. The molecule has 0 atom stereocenters. The van der Waals surface area contributed by atoms with Crippen LogP contribution >= 0.6 is 0 Å². The summed E-state index contributed by atoms with van der Waals surface area (Å²) in [5.74, 6) is -0.637. The van der Waals surface area contributed by atoms with Crippen LogP contribution in [0.4, 0.5) is 0 Å². The minimum atomic E-state index is -0.486. The van der Waals surface area contributed by atoms with Crippen molar-refractivity contribution in [3.63, 3.8) is 0 Å². The van der Waals surface area contributed by atoms with Gasteiger partial charge in [0, 0.05) is 24.8 Å². The molecule has 140 valence electrons. The second-order valence-corrected chi connectivity index (χ2v) is 6.40. The number of amides is 1. The Labute approximate surface area is 154 Å². The van der Waals surface area contributed by atoms with E-state index in [4.69, 9.17) is 4.74 Å². The van der Waals surface area contributed by atoms with Gasteiger partial charge in [0.1, 0.15) is 5.69 Å². The summed E-state index contributed by atoms with van der Waals surface area (Å²) in [6.45, 7) is 3.32. The van der Waals surface area contributed by atoms with Gasteiger partial charge in [0.05, 0.1) is 37.8 Å². The van der Waals surface area contributed by atoms with Gasteiger partial charge in [-0.3, -0.25) is 19.3 Å². The molecule has 27 heavy (non-hydrogen) atoms. The fourth-order valence-electron chi connectivity index (χ4n) is 3.13. The average Bonchev–Trinajstić information content (AvgIpc) is 3.39. The van der Waals surface area contributed by atoms with E-state index in [-0.39, 0.29) is 11.6 Å². The third-order valence-electron chi connectivity index (χ3n) is 4.80. The van der Waals surface area contributed by atoms with Gasteiger partial charge in [0.25, 0.3) is 5.91 Å². The molecule has 0 saturated carbocycles. The first kappa shape index (κ1) is 17.0. The van der Waals surface area contributed by atoms with Gasteiger partial charge in [0.15, 0.2) is 5.69 Å². The largest absolute Gasteiger partial charge is 0.464 e. The number of H-pyrrole nitrogens is 1. The molecule has 0 saturated heterocycles. The van der Waals surface area contributed by atoms with E-state index in [1.165, 1.54) is 7.11 Å². The van der Waals surface area contributed by atoms with Crippen molar-refractivity contribution in [2.75, 3.05) is 13.7 Å². The summed E-state index contributed by atoms with van der Waals surface area (Å²) in [4.78, 5) is 26.2. The normalized spacial score (nSPS) is 13.5. The van der Waals surface area contributed by atoms with Crippen LogP contribution in [0.15, 0.2) is 18.3 Å². The zero-order chi connectivity index (χ0) is 19.1. The van der Waals surface area contributed by atoms with Crippen molar-refractivity contribution < 1.29 is 14.3 Å². The maximum absolute atomic E-state index is 12.9. The zero-order valence-electron chi connectivity index (χ0n) is 15.3. The lowest BCUT2D eigenvalue weighted by molar-refractivity contribution is 0.0591. The highest BCUT2D eigenvalue weighted by molar-refractivity contribution is 5.93. The molecule has 3 aromatic heterocycles. The molecule has 1 amide bonds. The molecule has 1 aliphatic rings. The minimum absolute atomic E-state index is 0.151. The highest BCUT2D eigenvalue weighted by Crippen LogP contribution is 2.22. The predicted molar refractivity (Wildman–Crippen MR) is 93.8 cm³/mol. The van der Waals surface area contributed by atoms with Crippen LogP contribution in [-0.2, 0) is 24.9 Å². The number of nitrogens with zero attached hydrogens (tertiary/aromatic N) is 6. The quantitative estimate of drug-likeness (QED) is 0.682. The standard InChI is InChI=1S/C17H19N7O3/c1-10-12(8-18-22(10)2)13-7-14(20-19-13)16(25)23-4-5-24-11(9-23)6-15(21-24)17(26)27-3/h6-8H,4-5,9H2,1-3H3,(H,19,20). The fraction of sp³-hybridized carbons (Fsp3) is 0.353. The number of aromatic amines is 1. The maximum atomic E-state index is 12.9. The summed E-state index contributed by atoms with van der Waals surface area (Å²) in [6, 6.07) is 3.39. The van der Waals surface area contributed by atoms with Crippen LogP contribution in [0.2, 0.25) is 0 Å². The third-order valence-corrected chi connectivity index (χ3v) is 4.80. The Balaban J connectivity index is 1.53.